The van der Waals surface area contributed by atoms with E-state index in [0.717, 1.165) is 6.26 Å². The van der Waals surface area contributed by atoms with Gasteiger partial charge in [-0.1, -0.05) is 36.4 Å². The minimum atomic E-state index is -3.69. The molecule has 0 saturated heterocycles. The lowest BCUT2D eigenvalue weighted by Crippen LogP contribution is -2.14. The normalized spacial score (nSPS) is 11.4. The summed E-state index contributed by atoms with van der Waals surface area (Å²) in [6.45, 7) is 1.59. The predicted molar refractivity (Wildman–Crippen MR) is 91.5 cm³/mol. The number of sulfone groups is 1. The van der Waals surface area contributed by atoms with Crippen LogP contribution in [0, 0.1) is 6.92 Å². The van der Waals surface area contributed by atoms with Crippen LogP contribution in [0.25, 0.3) is 22.3 Å². The first-order chi connectivity index (χ1) is 11.4. The molecule has 122 valence electrons. The molecular weight excluding hydrogens is 326 g/mol. The third-order valence-electron chi connectivity index (χ3n) is 3.64. The number of hydrogen-bond donors (Lipinski definition) is 0. The van der Waals surface area contributed by atoms with Crippen LogP contribution < -0.4 is 5.63 Å². The van der Waals surface area contributed by atoms with Crippen LogP contribution in [0.2, 0.25) is 0 Å². The van der Waals surface area contributed by atoms with Gasteiger partial charge in [-0.25, -0.2) is 13.2 Å². The van der Waals surface area contributed by atoms with Gasteiger partial charge in [-0.05, 0) is 18.6 Å². The zero-order chi connectivity index (χ0) is 17.3. The number of aryl methyl sites for hydroxylation is 1. The Morgan fingerprint density at radius 1 is 0.958 bits per heavy atom. The zero-order valence-corrected chi connectivity index (χ0v) is 14.0. The maximum atomic E-state index is 12.5. The Balaban J connectivity index is 2.50. The van der Waals surface area contributed by atoms with Gasteiger partial charge in [0.2, 0.25) is 0 Å². The van der Waals surface area contributed by atoms with Crippen LogP contribution in [0.1, 0.15) is 5.76 Å². The van der Waals surface area contributed by atoms with Gasteiger partial charge in [-0.15, -0.1) is 0 Å². The Bertz CT molecular complexity index is 1040. The van der Waals surface area contributed by atoms with Crippen molar-refractivity contribution in [3.8, 4) is 22.3 Å². The Hall–Kier alpha value is -2.73. The second-order valence-electron chi connectivity index (χ2n) is 5.40. The van der Waals surface area contributed by atoms with Gasteiger partial charge in [-0.3, -0.25) is 4.98 Å². The first-order valence-electron chi connectivity index (χ1n) is 7.23. The lowest BCUT2D eigenvalue weighted by atomic mass is 10.0. The van der Waals surface area contributed by atoms with Crippen LogP contribution in [-0.4, -0.2) is 19.7 Å². The molecule has 0 aliphatic heterocycles. The average Bonchev–Trinajstić information content (AvgIpc) is 2.55. The maximum absolute atomic E-state index is 12.5. The minimum Gasteiger partial charge on any atom is -0.427 e. The molecule has 0 atom stereocenters. The van der Waals surface area contributed by atoms with Gasteiger partial charge in [0, 0.05) is 29.8 Å². The topological polar surface area (TPSA) is 77.2 Å². The molecule has 5 nitrogen and oxygen atoms in total. The molecule has 0 saturated carbocycles. The molecule has 0 radical (unpaired) electrons. The summed E-state index contributed by atoms with van der Waals surface area (Å²) in [7, 11) is -3.69. The van der Waals surface area contributed by atoms with E-state index < -0.39 is 15.5 Å². The second kappa shape index (κ2) is 6.05. The second-order valence-corrected chi connectivity index (χ2v) is 7.36. The molecular formula is C18H15NO4S. The van der Waals surface area contributed by atoms with Gasteiger partial charge in [0.25, 0.3) is 0 Å². The lowest BCUT2D eigenvalue weighted by Gasteiger charge is -2.14. The molecule has 0 unspecified atom stereocenters. The summed E-state index contributed by atoms with van der Waals surface area (Å²) >= 11 is 0. The summed E-state index contributed by atoms with van der Waals surface area (Å²) in [5.41, 5.74) is 0.792. The molecule has 0 fully saturated rings. The van der Waals surface area contributed by atoms with E-state index >= 15 is 0 Å². The highest BCUT2D eigenvalue weighted by molar-refractivity contribution is 7.91. The molecule has 24 heavy (non-hydrogen) atoms. The van der Waals surface area contributed by atoms with E-state index in [1.54, 1.807) is 49.5 Å². The fourth-order valence-electron chi connectivity index (χ4n) is 2.69. The summed E-state index contributed by atoms with van der Waals surface area (Å²) in [4.78, 5) is 16.4. The molecule has 0 N–H and O–H groups in total. The van der Waals surface area contributed by atoms with E-state index in [2.05, 4.69) is 4.98 Å². The fourth-order valence-corrected chi connectivity index (χ4v) is 3.89. The van der Waals surface area contributed by atoms with Crippen LogP contribution in [0.5, 0.6) is 0 Å². The SMILES string of the molecule is Cc1oc(=O)c(-c2cccnc2)c(S(C)(=O)=O)c1-c1ccccc1. The van der Waals surface area contributed by atoms with Gasteiger partial charge in [0.1, 0.15) is 5.76 Å². The fraction of sp³-hybridized carbons (Fsp3) is 0.111. The smallest absolute Gasteiger partial charge is 0.345 e. The Morgan fingerprint density at radius 3 is 2.21 bits per heavy atom. The molecule has 1 aromatic carbocycles. The molecule has 2 heterocycles. The van der Waals surface area contributed by atoms with E-state index in [9.17, 15) is 13.2 Å². The largest absolute Gasteiger partial charge is 0.427 e. The monoisotopic (exact) mass is 341 g/mol. The standard InChI is InChI=1S/C18H15NO4S/c1-12-15(13-7-4-3-5-8-13)17(24(2,21)22)16(18(20)23-12)14-9-6-10-19-11-14/h3-11H,1-2H3. The van der Waals surface area contributed by atoms with Crippen LogP contribution in [0.15, 0.2) is 69.0 Å². The molecule has 0 bridgehead atoms. The number of benzene rings is 1. The van der Waals surface area contributed by atoms with E-state index in [0.29, 0.717) is 16.7 Å². The van der Waals surface area contributed by atoms with Crippen molar-refractivity contribution < 1.29 is 12.8 Å². The quantitative estimate of drug-likeness (QED) is 0.731. The minimum absolute atomic E-state index is 0.00931. The highest BCUT2D eigenvalue weighted by Gasteiger charge is 2.27. The zero-order valence-electron chi connectivity index (χ0n) is 13.2. The molecule has 0 amide bonds. The third-order valence-corrected chi connectivity index (χ3v) is 4.79. The molecule has 0 aliphatic rings. The lowest BCUT2D eigenvalue weighted by molar-refractivity contribution is 0.479. The van der Waals surface area contributed by atoms with Gasteiger partial charge < -0.3 is 4.42 Å². The van der Waals surface area contributed by atoms with Crippen LogP contribution >= 0.6 is 0 Å². The summed E-state index contributed by atoms with van der Waals surface area (Å²) in [6, 6.07) is 12.3. The Morgan fingerprint density at radius 2 is 1.62 bits per heavy atom. The Kier molecular flexibility index (Phi) is 4.07. The summed E-state index contributed by atoms with van der Waals surface area (Å²) < 4.78 is 30.4. The number of pyridine rings is 1. The van der Waals surface area contributed by atoms with Gasteiger partial charge in [0.05, 0.1) is 10.5 Å². The van der Waals surface area contributed by atoms with E-state index in [1.807, 2.05) is 6.07 Å². The molecule has 2 aromatic heterocycles. The molecule has 3 aromatic rings. The van der Waals surface area contributed by atoms with Crippen molar-refractivity contribution in [2.24, 2.45) is 0 Å². The van der Waals surface area contributed by atoms with Crippen molar-refractivity contribution in [2.45, 2.75) is 11.8 Å². The van der Waals surface area contributed by atoms with E-state index in [4.69, 9.17) is 4.42 Å². The number of hydrogen-bond acceptors (Lipinski definition) is 5. The number of nitrogens with zero attached hydrogens (tertiary/aromatic N) is 1. The molecule has 3 rings (SSSR count). The van der Waals surface area contributed by atoms with Crippen LogP contribution in [0.4, 0.5) is 0 Å². The van der Waals surface area contributed by atoms with Crippen molar-refractivity contribution >= 4 is 9.84 Å². The van der Waals surface area contributed by atoms with Gasteiger partial charge in [0.15, 0.2) is 9.84 Å². The summed E-state index contributed by atoms with van der Waals surface area (Å²) in [5, 5.41) is 0. The first-order valence-corrected chi connectivity index (χ1v) is 9.12. The van der Waals surface area contributed by atoms with E-state index in [-0.39, 0.29) is 16.2 Å². The predicted octanol–water partition coefficient (Wildman–Crippen LogP) is 3.08. The van der Waals surface area contributed by atoms with Crippen molar-refractivity contribution in [3.05, 3.63) is 71.0 Å². The molecule has 0 aliphatic carbocycles. The van der Waals surface area contributed by atoms with Crippen molar-refractivity contribution in [3.63, 3.8) is 0 Å². The molecule has 0 spiro atoms. The first kappa shape index (κ1) is 16.1. The summed E-state index contributed by atoms with van der Waals surface area (Å²) in [5.74, 6) is 0.263. The van der Waals surface area contributed by atoms with Crippen molar-refractivity contribution in [1.29, 1.82) is 0 Å². The van der Waals surface area contributed by atoms with Gasteiger partial charge >= 0.3 is 5.63 Å². The number of aromatic nitrogens is 1. The van der Waals surface area contributed by atoms with Crippen LogP contribution in [-0.2, 0) is 9.84 Å². The van der Waals surface area contributed by atoms with Gasteiger partial charge in [-0.2, -0.15) is 0 Å². The summed E-state index contributed by atoms with van der Waals surface area (Å²) in [6.07, 6.45) is 4.09. The average molecular weight is 341 g/mol. The highest BCUT2D eigenvalue weighted by atomic mass is 32.2. The molecule has 6 heteroatoms. The van der Waals surface area contributed by atoms with Crippen LogP contribution in [0.3, 0.4) is 0 Å². The maximum Gasteiger partial charge on any atom is 0.345 e. The highest BCUT2D eigenvalue weighted by Crippen LogP contribution is 2.35. The Labute approximate surface area is 139 Å². The third kappa shape index (κ3) is 2.88. The van der Waals surface area contributed by atoms with Crippen molar-refractivity contribution in [2.75, 3.05) is 6.26 Å². The number of rotatable bonds is 3. The van der Waals surface area contributed by atoms with Crippen molar-refractivity contribution in [1.82, 2.24) is 4.98 Å². The van der Waals surface area contributed by atoms with E-state index in [1.165, 1.54) is 6.20 Å².